The van der Waals surface area contributed by atoms with Crippen LogP contribution < -0.4 is 5.43 Å². The molecule has 0 saturated carbocycles. The van der Waals surface area contributed by atoms with Crippen LogP contribution in [0, 0.1) is 0 Å². The average Bonchev–Trinajstić information content (AvgIpc) is 3.22. The standard InChI is InChI=1S/C24H20N4OS/c1-18(29)23(27-26-20-13-7-3-8-14-20)30-24-25-17-22(19-11-5-2-6-12-19)28(24)21-15-9-4-10-16-21/h2-17,26H,1H3/b27-23+. The molecule has 0 bridgehead atoms. The van der Waals surface area contributed by atoms with Crippen LogP contribution in [-0.4, -0.2) is 20.4 Å². The summed E-state index contributed by atoms with van der Waals surface area (Å²) in [6.45, 7) is 1.51. The second-order valence-electron chi connectivity index (χ2n) is 6.52. The zero-order chi connectivity index (χ0) is 20.8. The molecule has 5 nitrogen and oxygen atoms in total. The zero-order valence-corrected chi connectivity index (χ0v) is 17.2. The van der Waals surface area contributed by atoms with E-state index < -0.39 is 0 Å². The quantitative estimate of drug-likeness (QED) is 0.193. The van der Waals surface area contributed by atoms with Gasteiger partial charge in [0.15, 0.2) is 16.0 Å². The fraction of sp³-hybridized carbons (Fsp3) is 0.0417. The first-order chi connectivity index (χ1) is 14.7. The number of carbonyl (C=O) groups is 1. The summed E-state index contributed by atoms with van der Waals surface area (Å²) in [5.41, 5.74) is 6.73. The molecule has 0 spiro atoms. The summed E-state index contributed by atoms with van der Waals surface area (Å²) >= 11 is 1.24. The highest BCUT2D eigenvalue weighted by molar-refractivity contribution is 8.15. The number of aromatic nitrogens is 2. The molecule has 0 aliphatic carbocycles. The van der Waals surface area contributed by atoms with Gasteiger partial charge < -0.3 is 0 Å². The zero-order valence-electron chi connectivity index (χ0n) is 16.4. The van der Waals surface area contributed by atoms with Crippen molar-refractivity contribution in [3.63, 3.8) is 0 Å². The first-order valence-corrected chi connectivity index (χ1v) is 10.3. The van der Waals surface area contributed by atoms with Crippen molar-refractivity contribution in [3.8, 4) is 16.9 Å². The number of hydrazone groups is 1. The van der Waals surface area contributed by atoms with E-state index in [1.165, 1.54) is 18.7 Å². The Hall–Kier alpha value is -3.64. The minimum Gasteiger partial charge on any atom is -0.292 e. The Balaban J connectivity index is 1.73. The van der Waals surface area contributed by atoms with Crippen molar-refractivity contribution >= 4 is 28.3 Å². The minimum absolute atomic E-state index is 0.132. The molecule has 0 amide bonds. The number of carbonyl (C=O) groups excluding carboxylic acids is 1. The Morgan fingerprint density at radius 2 is 1.50 bits per heavy atom. The highest BCUT2D eigenvalue weighted by atomic mass is 32.2. The van der Waals surface area contributed by atoms with E-state index in [0.29, 0.717) is 10.2 Å². The van der Waals surface area contributed by atoms with Crippen LogP contribution in [0.25, 0.3) is 16.9 Å². The molecule has 0 aliphatic rings. The Kier molecular flexibility index (Phi) is 6.06. The van der Waals surface area contributed by atoms with Crippen LogP contribution in [0.15, 0.2) is 107 Å². The van der Waals surface area contributed by atoms with Crippen molar-refractivity contribution in [3.05, 3.63) is 97.2 Å². The molecule has 0 atom stereocenters. The average molecular weight is 413 g/mol. The van der Waals surface area contributed by atoms with Crippen LogP contribution in [0.2, 0.25) is 0 Å². The summed E-state index contributed by atoms with van der Waals surface area (Å²) in [6, 6.07) is 29.6. The summed E-state index contributed by atoms with van der Waals surface area (Å²) in [6.07, 6.45) is 1.83. The van der Waals surface area contributed by atoms with Crippen molar-refractivity contribution in [2.24, 2.45) is 5.10 Å². The Morgan fingerprint density at radius 3 is 2.13 bits per heavy atom. The van der Waals surface area contributed by atoms with Crippen LogP contribution in [0.5, 0.6) is 0 Å². The SMILES string of the molecule is CC(=O)/C(=N\Nc1ccccc1)Sc1ncc(-c2ccccc2)n1-c1ccccc1. The van der Waals surface area contributed by atoms with Gasteiger partial charge in [-0.25, -0.2) is 4.98 Å². The molecule has 3 aromatic carbocycles. The molecule has 0 saturated heterocycles. The molecule has 1 heterocycles. The van der Waals surface area contributed by atoms with Crippen molar-refractivity contribution in [1.82, 2.24) is 9.55 Å². The molecule has 0 fully saturated rings. The molecule has 1 aromatic heterocycles. The van der Waals surface area contributed by atoms with E-state index in [2.05, 4.69) is 15.5 Å². The van der Waals surface area contributed by atoms with Crippen LogP contribution >= 0.6 is 11.8 Å². The third-order valence-corrected chi connectivity index (χ3v) is 5.41. The van der Waals surface area contributed by atoms with Crippen molar-refractivity contribution < 1.29 is 4.79 Å². The molecule has 30 heavy (non-hydrogen) atoms. The van der Waals surface area contributed by atoms with Gasteiger partial charge in [-0.05, 0) is 36.0 Å². The first kappa shape index (κ1) is 19.7. The minimum atomic E-state index is -0.132. The van der Waals surface area contributed by atoms with E-state index in [1.54, 1.807) is 0 Å². The number of hydrogen-bond donors (Lipinski definition) is 1. The lowest BCUT2D eigenvalue weighted by Crippen LogP contribution is -2.10. The molecule has 1 N–H and O–H groups in total. The van der Waals surface area contributed by atoms with Gasteiger partial charge in [-0.1, -0.05) is 66.7 Å². The fourth-order valence-corrected chi connectivity index (χ4v) is 3.74. The summed E-state index contributed by atoms with van der Waals surface area (Å²) < 4.78 is 2.04. The Morgan fingerprint density at radius 1 is 0.900 bits per heavy atom. The first-order valence-electron chi connectivity index (χ1n) is 9.48. The normalized spacial score (nSPS) is 11.3. The van der Waals surface area contributed by atoms with Crippen LogP contribution in [-0.2, 0) is 4.79 Å². The molecule has 4 aromatic rings. The number of hydrogen-bond acceptors (Lipinski definition) is 5. The number of rotatable bonds is 6. The van der Waals surface area contributed by atoms with E-state index in [0.717, 1.165) is 22.6 Å². The molecule has 6 heteroatoms. The van der Waals surface area contributed by atoms with E-state index >= 15 is 0 Å². The third-order valence-electron chi connectivity index (χ3n) is 4.36. The number of thioether (sulfide) groups is 1. The molecule has 0 aliphatic heterocycles. The van der Waals surface area contributed by atoms with Crippen molar-refractivity contribution in [1.29, 1.82) is 0 Å². The summed E-state index contributed by atoms with van der Waals surface area (Å²) in [5, 5.41) is 5.34. The fourth-order valence-electron chi connectivity index (χ4n) is 2.93. The number of nitrogens with zero attached hydrogens (tertiary/aromatic N) is 3. The van der Waals surface area contributed by atoms with Gasteiger partial charge in [0.2, 0.25) is 0 Å². The molecule has 0 unspecified atom stereocenters. The van der Waals surface area contributed by atoms with Crippen molar-refractivity contribution in [2.45, 2.75) is 12.1 Å². The van der Waals surface area contributed by atoms with Gasteiger partial charge in [-0.2, -0.15) is 5.10 Å². The number of ketones is 1. The number of benzene rings is 3. The molecular weight excluding hydrogens is 392 g/mol. The largest absolute Gasteiger partial charge is 0.292 e. The monoisotopic (exact) mass is 412 g/mol. The Labute approximate surface area is 179 Å². The lowest BCUT2D eigenvalue weighted by atomic mass is 10.1. The Bertz CT molecular complexity index is 1160. The highest BCUT2D eigenvalue weighted by Gasteiger charge is 2.18. The van der Waals surface area contributed by atoms with Gasteiger partial charge in [0.05, 0.1) is 17.6 Å². The van der Waals surface area contributed by atoms with Gasteiger partial charge in [-0.15, -0.1) is 0 Å². The second-order valence-corrected chi connectivity index (χ2v) is 7.47. The smallest absolute Gasteiger partial charge is 0.186 e. The van der Waals surface area contributed by atoms with Gasteiger partial charge in [0.1, 0.15) is 0 Å². The number of imidazole rings is 1. The predicted octanol–water partition coefficient (Wildman–Crippen LogP) is 5.65. The van der Waals surface area contributed by atoms with E-state index in [9.17, 15) is 4.79 Å². The van der Waals surface area contributed by atoms with E-state index in [4.69, 9.17) is 0 Å². The van der Waals surface area contributed by atoms with Crippen LogP contribution in [0.1, 0.15) is 6.92 Å². The topological polar surface area (TPSA) is 59.3 Å². The van der Waals surface area contributed by atoms with Crippen LogP contribution in [0.3, 0.4) is 0 Å². The lowest BCUT2D eigenvalue weighted by Gasteiger charge is -2.12. The second kappa shape index (κ2) is 9.24. The van der Waals surface area contributed by atoms with E-state index in [1.807, 2.05) is 102 Å². The predicted molar refractivity (Wildman–Crippen MR) is 123 cm³/mol. The molecule has 0 radical (unpaired) electrons. The summed E-state index contributed by atoms with van der Waals surface area (Å²) in [4.78, 5) is 16.9. The van der Waals surface area contributed by atoms with Gasteiger partial charge in [0, 0.05) is 18.2 Å². The number of Topliss-reactive ketones (excluding diaryl/α,β-unsaturated/α-hetero) is 1. The number of anilines is 1. The maximum absolute atomic E-state index is 12.3. The number of para-hydroxylation sites is 2. The highest BCUT2D eigenvalue weighted by Crippen LogP contribution is 2.30. The molecule has 4 rings (SSSR count). The maximum atomic E-state index is 12.3. The maximum Gasteiger partial charge on any atom is 0.186 e. The third kappa shape index (κ3) is 4.50. The van der Waals surface area contributed by atoms with Crippen molar-refractivity contribution in [2.75, 3.05) is 5.43 Å². The summed E-state index contributed by atoms with van der Waals surface area (Å²) in [5.74, 6) is -0.132. The van der Waals surface area contributed by atoms with E-state index in [-0.39, 0.29) is 5.78 Å². The van der Waals surface area contributed by atoms with Gasteiger partial charge in [-0.3, -0.25) is 14.8 Å². The van der Waals surface area contributed by atoms with Crippen LogP contribution in [0.4, 0.5) is 5.69 Å². The van der Waals surface area contributed by atoms with Gasteiger partial charge >= 0.3 is 0 Å². The summed E-state index contributed by atoms with van der Waals surface area (Å²) in [7, 11) is 0. The number of nitrogens with one attached hydrogen (secondary N) is 1. The molecule has 148 valence electrons. The lowest BCUT2D eigenvalue weighted by molar-refractivity contribution is -0.110. The molecular formula is C24H20N4OS. The van der Waals surface area contributed by atoms with Gasteiger partial charge in [0.25, 0.3) is 0 Å².